The van der Waals surface area contributed by atoms with Gasteiger partial charge in [-0.05, 0) is 0 Å². The number of hydrogen-bond acceptors (Lipinski definition) is 0. The maximum absolute atomic E-state index is 2.28. The van der Waals surface area contributed by atoms with Crippen molar-refractivity contribution >= 4 is 27.9 Å². The van der Waals surface area contributed by atoms with Crippen LogP contribution in [0.25, 0.3) is 0 Å². The van der Waals surface area contributed by atoms with Crippen molar-refractivity contribution in [2.24, 2.45) is 5.92 Å². The summed E-state index contributed by atoms with van der Waals surface area (Å²) in [5.41, 5.74) is 0. The Kier molecular flexibility index (Phi) is 4.86. The van der Waals surface area contributed by atoms with Gasteiger partial charge in [-0.25, -0.2) is 0 Å². The Morgan fingerprint density at radius 2 is 2.00 bits per heavy atom. The van der Waals surface area contributed by atoms with Crippen molar-refractivity contribution in [3.63, 3.8) is 0 Å². The number of rotatable bonds is 2. The average molecular weight is 94.1 g/mol. The molecule has 0 heterocycles. The summed E-state index contributed by atoms with van der Waals surface area (Å²) >= 11 is 1.39. The summed E-state index contributed by atoms with van der Waals surface area (Å²) in [6.07, 6.45) is 1.44. The van der Waals surface area contributed by atoms with Crippen molar-refractivity contribution in [1.29, 1.82) is 0 Å². The summed E-state index contributed by atoms with van der Waals surface area (Å²) in [5.74, 6) is 0.933. The van der Waals surface area contributed by atoms with Crippen LogP contribution in [0.15, 0.2) is 0 Å². The minimum absolute atomic E-state index is 0.933. The predicted octanol–water partition coefficient (Wildman–Crippen LogP) is 1.62. The molecule has 1 heteroatoms. The first-order valence-corrected chi connectivity index (χ1v) is 4.18. The first kappa shape index (κ1) is 7.00. The monoisotopic (exact) mass is 94.1 g/mol. The van der Waals surface area contributed by atoms with Crippen LogP contribution in [0.4, 0.5) is 0 Å². The van der Waals surface area contributed by atoms with Crippen LogP contribution in [0.1, 0.15) is 20.3 Å². The molecule has 0 saturated carbocycles. The molecule has 0 radical (unpaired) electrons. The van der Waals surface area contributed by atoms with Crippen molar-refractivity contribution < 1.29 is 0 Å². The fourth-order valence-electron chi connectivity index (χ4n) is 0.577. The van der Waals surface area contributed by atoms with Gasteiger partial charge in [0.1, 0.15) is 0 Å². The quantitative estimate of drug-likeness (QED) is 0.456. The molecule has 0 aliphatic carbocycles. The van der Waals surface area contributed by atoms with Gasteiger partial charge in [-0.15, -0.1) is 0 Å². The molecule has 0 atom stereocenters. The summed E-state index contributed by atoms with van der Waals surface area (Å²) in [6, 6.07) is 0. The van der Waals surface area contributed by atoms with Gasteiger partial charge < -0.3 is 0 Å². The van der Waals surface area contributed by atoms with E-state index in [4.69, 9.17) is 0 Å². The molecule has 0 N–H and O–H groups in total. The molecule has 0 rings (SSSR count). The zero-order valence-corrected chi connectivity index (χ0v) is 6.99. The third-order valence-electron chi connectivity index (χ3n) is 0.866. The molecule has 0 unspecified atom stereocenters. The summed E-state index contributed by atoms with van der Waals surface area (Å²) in [7, 11) is 0. The fourth-order valence-corrected chi connectivity index (χ4v) is 1.73. The molecule has 0 aromatic rings. The molecule has 0 aromatic heterocycles. The molecule has 0 aliphatic heterocycles. The third-order valence-corrected chi connectivity index (χ3v) is 1.44. The van der Waals surface area contributed by atoms with Crippen LogP contribution in [-0.4, -0.2) is 27.9 Å². The summed E-state index contributed by atoms with van der Waals surface area (Å²) in [5, 5.41) is 0. The molecule has 0 fully saturated rings. The Morgan fingerprint density at radius 3 is 2.00 bits per heavy atom. The second-order valence-corrected chi connectivity index (χ2v) is 3.18. The second kappa shape index (κ2) is 4.17. The van der Waals surface area contributed by atoms with Gasteiger partial charge in [0.2, 0.25) is 0 Å². The van der Waals surface area contributed by atoms with E-state index < -0.39 is 0 Å². The molecule has 6 heavy (non-hydrogen) atoms. The SMILES string of the molecule is CC(C)C[CH2][Na]. The molecule has 32 valence electrons. The van der Waals surface area contributed by atoms with E-state index in [1.165, 1.54) is 38.0 Å². The molecule has 0 aromatic carbocycles. The van der Waals surface area contributed by atoms with Gasteiger partial charge in [0, 0.05) is 0 Å². The number of hydrogen-bond donors (Lipinski definition) is 0. The molecule has 0 bridgehead atoms. The van der Waals surface area contributed by atoms with Gasteiger partial charge in [0.25, 0.3) is 0 Å². The first-order valence-electron chi connectivity index (χ1n) is 2.77. The van der Waals surface area contributed by atoms with Crippen LogP contribution in [0.2, 0.25) is 3.67 Å². The zero-order chi connectivity index (χ0) is 4.99. The standard InChI is InChI=1S/C5H11.Na/c1-4-5(2)3;/h5H,1,4H2,2-3H3;. The summed E-state index contributed by atoms with van der Waals surface area (Å²) in [4.78, 5) is 0. The van der Waals surface area contributed by atoms with Crippen molar-refractivity contribution in [2.45, 2.75) is 23.9 Å². The van der Waals surface area contributed by atoms with Crippen LogP contribution >= 0.6 is 0 Å². The Balaban J connectivity index is 2.63. The van der Waals surface area contributed by atoms with Gasteiger partial charge in [-0.3, -0.25) is 0 Å². The molecular weight excluding hydrogens is 83.0 g/mol. The first-order chi connectivity index (χ1) is 2.77. The van der Waals surface area contributed by atoms with E-state index in [2.05, 4.69) is 13.8 Å². The van der Waals surface area contributed by atoms with E-state index in [0.29, 0.717) is 0 Å². The van der Waals surface area contributed by atoms with Crippen LogP contribution in [-0.2, 0) is 0 Å². The van der Waals surface area contributed by atoms with E-state index in [0.717, 1.165) is 5.92 Å². The molecule has 0 nitrogen and oxygen atoms in total. The van der Waals surface area contributed by atoms with Gasteiger partial charge in [0.05, 0.1) is 0 Å². The zero-order valence-electron chi connectivity index (χ0n) is 4.99. The van der Waals surface area contributed by atoms with Crippen molar-refractivity contribution in [1.82, 2.24) is 0 Å². The van der Waals surface area contributed by atoms with Crippen molar-refractivity contribution in [2.75, 3.05) is 0 Å². The molecule has 0 spiro atoms. The van der Waals surface area contributed by atoms with E-state index in [-0.39, 0.29) is 0 Å². The summed E-state index contributed by atoms with van der Waals surface area (Å²) < 4.78 is 1.47. The Hall–Kier alpha value is 1.00. The average Bonchev–Trinajstić information content (AvgIpc) is 1.35. The minimum atomic E-state index is 0.933. The predicted molar refractivity (Wildman–Crippen MR) is 30.0 cm³/mol. The van der Waals surface area contributed by atoms with Gasteiger partial charge in [-0.1, -0.05) is 0 Å². The van der Waals surface area contributed by atoms with E-state index in [1.807, 2.05) is 0 Å². The van der Waals surface area contributed by atoms with Crippen LogP contribution < -0.4 is 0 Å². The molecule has 0 amide bonds. The van der Waals surface area contributed by atoms with E-state index in [1.54, 1.807) is 0 Å². The molecular formula is C5H11Na. The second-order valence-electron chi connectivity index (χ2n) is 2.18. The fraction of sp³-hybridized carbons (Fsp3) is 1.00. The van der Waals surface area contributed by atoms with Crippen LogP contribution in [0.5, 0.6) is 0 Å². The van der Waals surface area contributed by atoms with Crippen LogP contribution in [0.3, 0.4) is 0 Å². The van der Waals surface area contributed by atoms with Gasteiger partial charge in [-0.2, -0.15) is 0 Å². The van der Waals surface area contributed by atoms with E-state index >= 15 is 0 Å². The topological polar surface area (TPSA) is 0 Å². The Morgan fingerprint density at radius 1 is 1.50 bits per heavy atom. The van der Waals surface area contributed by atoms with Crippen molar-refractivity contribution in [3.05, 3.63) is 0 Å². The Labute approximate surface area is 57.7 Å². The molecule has 0 aliphatic rings. The molecule has 0 saturated heterocycles. The third kappa shape index (κ3) is 5.00. The Bertz CT molecular complexity index is 25.1. The van der Waals surface area contributed by atoms with Crippen molar-refractivity contribution in [3.8, 4) is 0 Å². The summed E-state index contributed by atoms with van der Waals surface area (Å²) in [6.45, 7) is 4.55. The van der Waals surface area contributed by atoms with Gasteiger partial charge >= 0.3 is 57.8 Å². The van der Waals surface area contributed by atoms with E-state index in [9.17, 15) is 0 Å². The normalized spacial score (nSPS) is 10.2. The maximum atomic E-state index is 2.28. The van der Waals surface area contributed by atoms with Gasteiger partial charge in [0.15, 0.2) is 0 Å². The van der Waals surface area contributed by atoms with Crippen LogP contribution in [0, 0.1) is 5.92 Å².